The fraction of sp³-hybridized carbons (Fsp3) is 0.960. The molecule has 0 bridgehead atoms. The summed E-state index contributed by atoms with van der Waals surface area (Å²) in [6.07, 6.45) is 0. The monoisotopic (exact) mass is 574 g/mol. The second-order valence-corrected chi connectivity index (χ2v) is 7.48. The Morgan fingerprint density at radius 3 is 0.795 bits per heavy atom. The van der Waals surface area contributed by atoms with E-state index >= 15 is 0 Å². The lowest BCUT2D eigenvalue weighted by atomic mass is 10.6. The van der Waals surface area contributed by atoms with Crippen LogP contribution in [-0.4, -0.2) is 170 Å². The van der Waals surface area contributed by atoms with Crippen LogP contribution in [0, 0.1) is 0 Å². The lowest BCUT2D eigenvalue weighted by Crippen LogP contribution is -2.16. The molecule has 0 unspecified atom stereocenters. The van der Waals surface area contributed by atoms with Crippen molar-refractivity contribution in [2.75, 3.05) is 159 Å². The maximum absolute atomic E-state index is 10.8. The molecule has 0 aliphatic carbocycles. The molecule has 0 aromatic carbocycles. The molecule has 0 heterocycles. The molecular weight excluding hydrogens is 524 g/mol. The van der Waals surface area contributed by atoms with E-state index in [0.717, 1.165) is 0 Å². The van der Waals surface area contributed by atoms with Crippen LogP contribution in [-0.2, 0) is 61.6 Å². The van der Waals surface area contributed by atoms with Gasteiger partial charge in [0.2, 0.25) is 0 Å². The van der Waals surface area contributed by atoms with Crippen LogP contribution in [0.25, 0.3) is 0 Å². The van der Waals surface area contributed by atoms with Gasteiger partial charge in [0.1, 0.15) is 6.61 Å². The molecule has 0 atom stereocenters. The van der Waals surface area contributed by atoms with Gasteiger partial charge in [0.25, 0.3) is 0 Å². The molecule has 14 heteroatoms. The van der Waals surface area contributed by atoms with Gasteiger partial charge in [0.15, 0.2) is 0 Å². The fourth-order valence-electron chi connectivity index (χ4n) is 2.48. The quantitative estimate of drug-likeness (QED) is 0.0765. The Balaban J connectivity index is 3.03. The third-order valence-corrected chi connectivity index (χ3v) is 4.40. The summed E-state index contributed by atoms with van der Waals surface area (Å²) >= 11 is 0. The van der Waals surface area contributed by atoms with Crippen LogP contribution < -0.4 is 0 Å². The zero-order valence-corrected chi connectivity index (χ0v) is 23.5. The van der Waals surface area contributed by atoms with Crippen molar-refractivity contribution >= 4 is 5.97 Å². The number of aliphatic hydroxyl groups excluding tert-OH is 1. The minimum atomic E-state index is -0.409. The Hall–Kier alpha value is -1.01. The first kappa shape index (κ1) is 38.0. The summed E-state index contributed by atoms with van der Waals surface area (Å²) in [5.41, 5.74) is 0. The number of hydrogen-bond acceptors (Lipinski definition) is 14. The number of rotatable bonds is 34. The number of aliphatic hydroxyl groups is 1. The molecule has 0 saturated heterocycles. The molecule has 0 saturated carbocycles. The van der Waals surface area contributed by atoms with E-state index in [-0.39, 0.29) is 13.2 Å². The van der Waals surface area contributed by atoms with Gasteiger partial charge in [-0.2, -0.15) is 0 Å². The van der Waals surface area contributed by atoms with Gasteiger partial charge in [-0.25, -0.2) is 4.79 Å². The number of esters is 1. The highest BCUT2D eigenvalue weighted by molar-refractivity contribution is 5.70. The van der Waals surface area contributed by atoms with Gasteiger partial charge in [0, 0.05) is 0 Å². The van der Waals surface area contributed by atoms with Gasteiger partial charge in [-0.3, -0.25) is 0 Å². The first-order valence-corrected chi connectivity index (χ1v) is 13.3. The Kier molecular flexibility index (Phi) is 34.1. The summed E-state index contributed by atoms with van der Waals surface area (Å²) in [5, 5.41) is 8.56. The summed E-state index contributed by atoms with van der Waals surface area (Å²) in [4.78, 5) is 10.8. The predicted octanol–water partition coefficient (Wildman–Crippen LogP) is -0.666. The molecular formula is C25H50O14. The highest BCUT2D eigenvalue weighted by Gasteiger charge is 1.99. The number of ether oxygens (including phenoxy) is 12. The molecule has 0 amide bonds. The lowest BCUT2D eigenvalue weighted by molar-refractivity contribution is -0.146. The number of carbonyl (C=O) groups excluding carboxylic acids is 1. The molecule has 0 aromatic heterocycles. The van der Waals surface area contributed by atoms with Crippen molar-refractivity contribution in [2.24, 2.45) is 0 Å². The first-order chi connectivity index (χ1) is 19.3. The van der Waals surface area contributed by atoms with E-state index in [2.05, 4.69) is 4.74 Å². The van der Waals surface area contributed by atoms with Crippen LogP contribution in [0.1, 0.15) is 0 Å². The van der Waals surface area contributed by atoms with Gasteiger partial charge >= 0.3 is 5.97 Å². The number of hydrogen-bond donors (Lipinski definition) is 1. The van der Waals surface area contributed by atoms with E-state index in [4.69, 9.17) is 57.2 Å². The van der Waals surface area contributed by atoms with Crippen LogP contribution >= 0.6 is 0 Å². The van der Waals surface area contributed by atoms with Crippen molar-refractivity contribution < 1.29 is 66.7 Å². The van der Waals surface area contributed by atoms with E-state index < -0.39 is 5.97 Å². The SMILES string of the molecule is COC(=O)COCCOCCOCCOCCOCCOCCOCCOCCOCCOCCOCCO. The van der Waals surface area contributed by atoms with Crippen LogP contribution in [0.15, 0.2) is 0 Å². The van der Waals surface area contributed by atoms with Crippen molar-refractivity contribution in [1.82, 2.24) is 0 Å². The summed E-state index contributed by atoms with van der Waals surface area (Å²) in [7, 11) is 1.31. The second-order valence-electron chi connectivity index (χ2n) is 7.48. The minimum absolute atomic E-state index is 0.0225. The second kappa shape index (κ2) is 35.0. The largest absolute Gasteiger partial charge is 0.467 e. The Labute approximate surface area is 232 Å². The van der Waals surface area contributed by atoms with E-state index in [1.807, 2.05) is 0 Å². The predicted molar refractivity (Wildman–Crippen MR) is 138 cm³/mol. The Morgan fingerprint density at radius 2 is 0.590 bits per heavy atom. The average molecular weight is 575 g/mol. The van der Waals surface area contributed by atoms with Crippen LogP contribution in [0.5, 0.6) is 0 Å². The summed E-state index contributed by atoms with van der Waals surface area (Å²) in [6, 6.07) is 0. The summed E-state index contributed by atoms with van der Waals surface area (Å²) in [6.45, 7) is 9.77. The minimum Gasteiger partial charge on any atom is -0.467 e. The average Bonchev–Trinajstić information content (AvgIpc) is 2.95. The highest BCUT2D eigenvalue weighted by Crippen LogP contribution is 1.87. The number of methoxy groups -OCH3 is 1. The van der Waals surface area contributed by atoms with E-state index in [1.165, 1.54) is 7.11 Å². The molecule has 0 spiro atoms. The van der Waals surface area contributed by atoms with Gasteiger partial charge in [-0.05, 0) is 0 Å². The standard InChI is InChI=1S/C25H50O14/c1-28-25(27)24-39-23-22-38-21-20-37-19-18-36-17-16-35-15-14-34-13-12-33-11-10-32-9-8-31-7-6-30-5-4-29-3-2-26/h26H,2-24H2,1H3. The molecule has 0 aromatic rings. The van der Waals surface area contributed by atoms with Crippen LogP contribution in [0.3, 0.4) is 0 Å². The Morgan fingerprint density at radius 1 is 0.385 bits per heavy atom. The van der Waals surface area contributed by atoms with Crippen molar-refractivity contribution in [2.45, 2.75) is 0 Å². The fourth-order valence-corrected chi connectivity index (χ4v) is 2.48. The van der Waals surface area contributed by atoms with Crippen molar-refractivity contribution in [3.05, 3.63) is 0 Å². The zero-order chi connectivity index (χ0) is 28.3. The van der Waals surface area contributed by atoms with Gasteiger partial charge < -0.3 is 61.9 Å². The molecule has 0 fully saturated rings. The van der Waals surface area contributed by atoms with E-state index in [0.29, 0.717) is 139 Å². The molecule has 0 aliphatic heterocycles. The zero-order valence-electron chi connectivity index (χ0n) is 23.5. The maximum Gasteiger partial charge on any atom is 0.331 e. The van der Waals surface area contributed by atoms with E-state index in [9.17, 15) is 4.79 Å². The van der Waals surface area contributed by atoms with Crippen molar-refractivity contribution in [3.63, 3.8) is 0 Å². The Bertz CT molecular complexity index is 472. The topological polar surface area (TPSA) is 148 Å². The maximum atomic E-state index is 10.8. The van der Waals surface area contributed by atoms with Gasteiger partial charge in [0.05, 0.1) is 152 Å². The first-order valence-electron chi connectivity index (χ1n) is 13.3. The smallest absolute Gasteiger partial charge is 0.331 e. The third kappa shape index (κ3) is 35.0. The molecule has 0 rings (SSSR count). The normalized spacial score (nSPS) is 11.3. The van der Waals surface area contributed by atoms with Gasteiger partial charge in [-0.15, -0.1) is 0 Å². The van der Waals surface area contributed by atoms with Crippen LogP contribution in [0.4, 0.5) is 0 Å². The molecule has 0 radical (unpaired) electrons. The molecule has 0 aliphatic rings. The van der Waals surface area contributed by atoms with Crippen molar-refractivity contribution in [1.29, 1.82) is 0 Å². The van der Waals surface area contributed by atoms with Crippen LogP contribution in [0.2, 0.25) is 0 Å². The summed E-state index contributed by atoms with van der Waals surface area (Å²) < 4.78 is 63.1. The molecule has 234 valence electrons. The highest BCUT2D eigenvalue weighted by atomic mass is 16.6. The summed E-state index contributed by atoms with van der Waals surface area (Å²) in [5.74, 6) is -0.409. The van der Waals surface area contributed by atoms with Gasteiger partial charge in [-0.1, -0.05) is 0 Å². The molecule has 1 N–H and O–H groups in total. The van der Waals surface area contributed by atoms with Crippen molar-refractivity contribution in [3.8, 4) is 0 Å². The van der Waals surface area contributed by atoms with E-state index in [1.54, 1.807) is 0 Å². The molecule has 14 nitrogen and oxygen atoms in total. The lowest BCUT2D eigenvalue weighted by Gasteiger charge is -2.09. The molecule has 39 heavy (non-hydrogen) atoms. The number of carbonyl (C=O) groups is 1. The third-order valence-electron chi connectivity index (χ3n) is 4.40.